The molecule has 1 fully saturated rings. The molecule has 3 aromatic rings. The van der Waals surface area contributed by atoms with E-state index in [4.69, 9.17) is 16.3 Å². The van der Waals surface area contributed by atoms with Crippen LogP contribution in [0, 0.1) is 0 Å². The molecule has 0 saturated carbocycles. The summed E-state index contributed by atoms with van der Waals surface area (Å²) in [6.07, 6.45) is 1.37. The molecule has 3 N–H and O–H groups in total. The highest BCUT2D eigenvalue weighted by molar-refractivity contribution is 8.16. The molecular formula is C25H21ClN4O5S. The third kappa shape index (κ3) is 5.96. The molecule has 0 radical (unpaired) electrons. The zero-order valence-electron chi connectivity index (χ0n) is 19.0. The Bertz CT molecular complexity index is 1330. The van der Waals surface area contributed by atoms with E-state index in [0.29, 0.717) is 22.0 Å². The third-order valence-corrected chi connectivity index (χ3v) is 6.48. The molecule has 184 valence electrons. The van der Waals surface area contributed by atoms with Crippen LogP contribution in [0.3, 0.4) is 0 Å². The number of phenols is 2. The van der Waals surface area contributed by atoms with E-state index in [9.17, 15) is 19.8 Å². The Balaban J connectivity index is 1.55. The quantitative estimate of drug-likeness (QED) is 0.306. The largest absolute Gasteiger partial charge is 0.508 e. The number of anilines is 2. The highest BCUT2D eigenvalue weighted by Crippen LogP contribution is 2.35. The molecule has 0 spiro atoms. The van der Waals surface area contributed by atoms with Crippen LogP contribution < -0.4 is 15.0 Å². The van der Waals surface area contributed by atoms with Gasteiger partial charge in [-0.25, -0.2) is 0 Å². The normalized spacial score (nSPS) is 16.6. The predicted molar refractivity (Wildman–Crippen MR) is 141 cm³/mol. The van der Waals surface area contributed by atoms with Gasteiger partial charge < -0.3 is 20.3 Å². The molecule has 0 aromatic heterocycles. The Morgan fingerprint density at radius 3 is 2.56 bits per heavy atom. The van der Waals surface area contributed by atoms with Crippen LogP contribution in [0.5, 0.6) is 17.2 Å². The second kappa shape index (κ2) is 11.1. The number of carbonyl (C=O) groups excluding carboxylic acids is 2. The monoisotopic (exact) mass is 524 g/mol. The molecule has 3 aromatic carbocycles. The summed E-state index contributed by atoms with van der Waals surface area (Å²) in [7, 11) is 1.44. The van der Waals surface area contributed by atoms with Gasteiger partial charge in [0.05, 0.1) is 19.0 Å². The molecule has 1 saturated heterocycles. The van der Waals surface area contributed by atoms with Crippen molar-refractivity contribution in [3.8, 4) is 17.2 Å². The van der Waals surface area contributed by atoms with Crippen molar-refractivity contribution in [3.63, 3.8) is 0 Å². The van der Waals surface area contributed by atoms with Crippen molar-refractivity contribution in [2.45, 2.75) is 11.7 Å². The molecule has 1 aliphatic heterocycles. The van der Waals surface area contributed by atoms with Gasteiger partial charge in [-0.1, -0.05) is 23.4 Å². The van der Waals surface area contributed by atoms with Crippen LogP contribution >= 0.6 is 23.4 Å². The average Bonchev–Trinajstić information content (AvgIpc) is 3.16. The van der Waals surface area contributed by atoms with Gasteiger partial charge in [0, 0.05) is 17.1 Å². The van der Waals surface area contributed by atoms with Crippen LogP contribution in [0.15, 0.2) is 76.9 Å². The van der Waals surface area contributed by atoms with Crippen molar-refractivity contribution in [2.24, 2.45) is 10.2 Å². The van der Waals surface area contributed by atoms with E-state index in [1.807, 2.05) is 0 Å². The fourth-order valence-corrected chi connectivity index (χ4v) is 4.55. The van der Waals surface area contributed by atoms with Crippen LogP contribution in [-0.4, -0.2) is 45.8 Å². The number of rotatable bonds is 7. The van der Waals surface area contributed by atoms with E-state index >= 15 is 0 Å². The summed E-state index contributed by atoms with van der Waals surface area (Å²) in [6.45, 7) is 0. The maximum absolute atomic E-state index is 13.3. The van der Waals surface area contributed by atoms with Crippen LogP contribution in [0.2, 0.25) is 5.02 Å². The Kier molecular flexibility index (Phi) is 7.77. The number of aromatic hydroxyl groups is 2. The number of hydrogen-bond donors (Lipinski definition) is 3. The molecule has 0 aliphatic carbocycles. The first-order valence-corrected chi connectivity index (χ1v) is 11.9. The number of nitrogens with one attached hydrogen (secondary N) is 1. The Hall–Kier alpha value is -4.02. The highest BCUT2D eigenvalue weighted by atomic mass is 35.5. The fourth-order valence-electron chi connectivity index (χ4n) is 3.34. The lowest BCUT2D eigenvalue weighted by atomic mass is 10.2. The van der Waals surface area contributed by atoms with Crippen molar-refractivity contribution >= 4 is 57.9 Å². The second-order valence-electron chi connectivity index (χ2n) is 7.61. The van der Waals surface area contributed by atoms with Gasteiger partial charge in [0.15, 0.2) is 16.7 Å². The van der Waals surface area contributed by atoms with Crippen molar-refractivity contribution in [1.82, 2.24) is 0 Å². The van der Waals surface area contributed by atoms with Crippen LogP contribution in [0.4, 0.5) is 11.4 Å². The van der Waals surface area contributed by atoms with Gasteiger partial charge in [-0.15, -0.1) is 5.10 Å². The van der Waals surface area contributed by atoms with E-state index in [1.54, 1.807) is 48.5 Å². The Morgan fingerprint density at radius 2 is 1.86 bits per heavy atom. The summed E-state index contributed by atoms with van der Waals surface area (Å²) in [4.78, 5) is 27.2. The minimum atomic E-state index is -0.728. The highest BCUT2D eigenvalue weighted by Gasteiger charge is 2.40. The number of methoxy groups -OCH3 is 1. The lowest BCUT2D eigenvalue weighted by Crippen LogP contribution is -2.33. The number of amides is 2. The molecule has 36 heavy (non-hydrogen) atoms. The smallest absolute Gasteiger partial charge is 0.247 e. The number of amidine groups is 1. The molecule has 0 bridgehead atoms. The van der Waals surface area contributed by atoms with Gasteiger partial charge in [-0.05, 0) is 72.3 Å². The fraction of sp³-hybridized carbons (Fsp3) is 0.120. The number of halogens is 1. The molecule has 1 heterocycles. The van der Waals surface area contributed by atoms with Crippen molar-refractivity contribution in [2.75, 3.05) is 17.3 Å². The molecule has 1 aliphatic rings. The van der Waals surface area contributed by atoms with Gasteiger partial charge >= 0.3 is 0 Å². The van der Waals surface area contributed by atoms with Crippen LogP contribution in [0.25, 0.3) is 0 Å². The van der Waals surface area contributed by atoms with Gasteiger partial charge in [-0.2, -0.15) is 5.10 Å². The molecule has 4 rings (SSSR count). The third-order valence-electron chi connectivity index (χ3n) is 5.10. The average molecular weight is 525 g/mol. The maximum Gasteiger partial charge on any atom is 0.247 e. The number of nitrogens with zero attached hydrogens (tertiary/aromatic N) is 3. The van der Waals surface area contributed by atoms with Crippen LogP contribution in [-0.2, 0) is 9.59 Å². The number of ether oxygens (including phenoxy) is 1. The van der Waals surface area contributed by atoms with Gasteiger partial charge in [0.2, 0.25) is 11.8 Å². The van der Waals surface area contributed by atoms with Gasteiger partial charge in [0.25, 0.3) is 0 Å². The summed E-state index contributed by atoms with van der Waals surface area (Å²) in [5, 5.41) is 30.6. The molecule has 11 heteroatoms. The van der Waals surface area contributed by atoms with Crippen molar-refractivity contribution in [1.29, 1.82) is 0 Å². The Morgan fingerprint density at radius 1 is 1.14 bits per heavy atom. The van der Waals surface area contributed by atoms with Gasteiger partial charge in [-0.3, -0.25) is 14.5 Å². The summed E-state index contributed by atoms with van der Waals surface area (Å²) >= 11 is 7.00. The maximum atomic E-state index is 13.3. The molecule has 2 amide bonds. The zero-order chi connectivity index (χ0) is 25.7. The minimum absolute atomic E-state index is 0.00358. The number of benzene rings is 3. The zero-order valence-corrected chi connectivity index (χ0v) is 20.5. The number of phenolic OH excluding ortho intramolecular Hbond substituents is 2. The first-order valence-electron chi connectivity index (χ1n) is 10.7. The topological polar surface area (TPSA) is 124 Å². The van der Waals surface area contributed by atoms with E-state index in [1.165, 1.54) is 36.4 Å². The van der Waals surface area contributed by atoms with E-state index in [-0.39, 0.29) is 40.7 Å². The van der Waals surface area contributed by atoms with Crippen molar-refractivity contribution in [3.05, 3.63) is 77.3 Å². The first-order chi connectivity index (χ1) is 17.3. The number of carbonyl (C=O) groups is 2. The molecular weight excluding hydrogens is 504 g/mol. The minimum Gasteiger partial charge on any atom is -0.508 e. The first kappa shape index (κ1) is 25.1. The summed E-state index contributed by atoms with van der Waals surface area (Å²) < 4.78 is 5.09. The lowest BCUT2D eigenvalue weighted by molar-refractivity contribution is -0.121. The predicted octanol–water partition coefficient (Wildman–Crippen LogP) is 4.63. The summed E-state index contributed by atoms with van der Waals surface area (Å²) in [5.41, 5.74) is 1.67. The van der Waals surface area contributed by atoms with Crippen LogP contribution in [0.1, 0.15) is 12.0 Å². The SMILES string of the molecule is COc1cc(/C=N/N=C2SC(CC(=O)Nc3ccc(Cl)cc3)C(=O)N2c2ccc(O)cc2)ccc1O. The lowest BCUT2D eigenvalue weighted by Gasteiger charge is -2.16. The standard InChI is InChI=1S/C25H21ClN4O5S/c1-35-21-12-15(2-11-20(21)32)14-27-29-25-30(18-7-9-19(31)10-8-18)24(34)22(36-25)13-23(33)28-17-5-3-16(26)4-6-17/h2-12,14,22,31-32H,13H2,1H3,(H,28,33)/b27-14+,29-25?. The van der Waals surface area contributed by atoms with E-state index < -0.39 is 5.25 Å². The van der Waals surface area contributed by atoms with Crippen molar-refractivity contribution < 1.29 is 24.5 Å². The molecule has 1 unspecified atom stereocenters. The van der Waals surface area contributed by atoms with E-state index in [2.05, 4.69) is 15.5 Å². The number of thioether (sulfide) groups is 1. The van der Waals surface area contributed by atoms with Gasteiger partial charge in [0.1, 0.15) is 11.0 Å². The number of hydrogen-bond acceptors (Lipinski definition) is 8. The summed E-state index contributed by atoms with van der Waals surface area (Å²) in [5.74, 6) is -0.340. The molecule has 1 atom stereocenters. The summed E-state index contributed by atoms with van der Waals surface area (Å²) in [6, 6.07) is 17.4. The van der Waals surface area contributed by atoms with E-state index in [0.717, 1.165) is 11.8 Å². The second-order valence-corrected chi connectivity index (χ2v) is 9.22. The molecule has 9 nitrogen and oxygen atoms in total. The Labute approximate surface area is 216 Å².